The second kappa shape index (κ2) is 5.18. The van der Waals surface area contributed by atoms with E-state index in [0.29, 0.717) is 24.0 Å². The Balaban J connectivity index is 2.15. The summed E-state index contributed by atoms with van der Waals surface area (Å²) in [7, 11) is 0. The first kappa shape index (κ1) is 11.2. The maximum atomic E-state index is 5.08. The SMILES string of the molecule is CCNCc1nc(-c2ccc(Br)cn2)no1. The highest BCUT2D eigenvalue weighted by Gasteiger charge is 2.08. The van der Waals surface area contributed by atoms with Crippen molar-refractivity contribution >= 4 is 15.9 Å². The Bertz CT molecular complexity index is 454. The van der Waals surface area contributed by atoms with Crippen LogP contribution in [0.25, 0.3) is 11.5 Å². The van der Waals surface area contributed by atoms with Crippen LogP contribution in [0.1, 0.15) is 12.8 Å². The number of nitrogens with one attached hydrogen (secondary N) is 1. The zero-order valence-electron chi connectivity index (χ0n) is 8.77. The monoisotopic (exact) mass is 282 g/mol. The summed E-state index contributed by atoms with van der Waals surface area (Å²) in [5.74, 6) is 1.09. The van der Waals surface area contributed by atoms with Crippen LogP contribution in [-0.4, -0.2) is 21.7 Å². The van der Waals surface area contributed by atoms with E-state index in [4.69, 9.17) is 4.52 Å². The molecule has 0 saturated carbocycles. The van der Waals surface area contributed by atoms with Crippen molar-refractivity contribution in [3.8, 4) is 11.5 Å². The van der Waals surface area contributed by atoms with Gasteiger partial charge in [-0.3, -0.25) is 4.98 Å². The largest absolute Gasteiger partial charge is 0.337 e. The third-order valence-corrected chi connectivity index (χ3v) is 2.42. The molecule has 0 radical (unpaired) electrons. The van der Waals surface area contributed by atoms with Crippen LogP contribution in [0.15, 0.2) is 27.3 Å². The van der Waals surface area contributed by atoms with Gasteiger partial charge < -0.3 is 9.84 Å². The summed E-state index contributed by atoms with van der Waals surface area (Å²) in [6, 6.07) is 3.73. The number of hydrogen-bond acceptors (Lipinski definition) is 5. The molecule has 84 valence electrons. The summed E-state index contributed by atoms with van der Waals surface area (Å²) in [5, 5.41) is 6.98. The van der Waals surface area contributed by atoms with Crippen molar-refractivity contribution in [2.75, 3.05) is 6.54 Å². The second-order valence-corrected chi connectivity index (χ2v) is 4.07. The predicted molar refractivity (Wildman–Crippen MR) is 62.6 cm³/mol. The van der Waals surface area contributed by atoms with Gasteiger partial charge >= 0.3 is 0 Å². The molecule has 0 aliphatic rings. The highest BCUT2D eigenvalue weighted by Crippen LogP contribution is 2.15. The molecule has 16 heavy (non-hydrogen) atoms. The van der Waals surface area contributed by atoms with Gasteiger partial charge in [0.2, 0.25) is 11.7 Å². The van der Waals surface area contributed by atoms with E-state index in [9.17, 15) is 0 Å². The number of hydrogen-bond donors (Lipinski definition) is 1. The molecule has 0 aliphatic heterocycles. The predicted octanol–water partition coefficient (Wildman–Crippen LogP) is 2.00. The van der Waals surface area contributed by atoms with E-state index in [0.717, 1.165) is 11.0 Å². The average molecular weight is 283 g/mol. The van der Waals surface area contributed by atoms with Gasteiger partial charge in [0.05, 0.1) is 6.54 Å². The van der Waals surface area contributed by atoms with E-state index in [1.807, 2.05) is 19.1 Å². The molecular formula is C10H11BrN4O. The van der Waals surface area contributed by atoms with Crippen molar-refractivity contribution < 1.29 is 4.52 Å². The molecule has 2 aromatic rings. The lowest BCUT2D eigenvalue weighted by molar-refractivity contribution is 0.369. The average Bonchev–Trinajstić information content (AvgIpc) is 2.76. The molecule has 1 N–H and O–H groups in total. The number of nitrogens with zero attached hydrogens (tertiary/aromatic N) is 3. The van der Waals surface area contributed by atoms with Crippen LogP contribution in [0.4, 0.5) is 0 Å². The molecule has 0 unspecified atom stereocenters. The highest BCUT2D eigenvalue weighted by atomic mass is 79.9. The first-order valence-corrected chi connectivity index (χ1v) is 5.74. The Morgan fingerprint density at radius 2 is 2.31 bits per heavy atom. The lowest BCUT2D eigenvalue weighted by atomic mass is 10.3. The van der Waals surface area contributed by atoms with Gasteiger partial charge in [-0.15, -0.1) is 0 Å². The number of halogens is 1. The maximum Gasteiger partial charge on any atom is 0.240 e. The maximum absolute atomic E-state index is 5.08. The molecule has 2 aromatic heterocycles. The van der Waals surface area contributed by atoms with Gasteiger partial charge in [-0.05, 0) is 34.6 Å². The van der Waals surface area contributed by atoms with Gasteiger partial charge in [0.15, 0.2) is 0 Å². The fourth-order valence-electron chi connectivity index (χ4n) is 1.17. The minimum atomic E-state index is 0.514. The molecule has 0 spiro atoms. The van der Waals surface area contributed by atoms with Gasteiger partial charge in [0.1, 0.15) is 5.69 Å². The van der Waals surface area contributed by atoms with Crippen molar-refractivity contribution in [3.63, 3.8) is 0 Å². The lowest BCUT2D eigenvalue weighted by Gasteiger charge is -1.93. The molecule has 2 rings (SSSR count). The van der Waals surface area contributed by atoms with Crippen LogP contribution >= 0.6 is 15.9 Å². The van der Waals surface area contributed by atoms with Crippen molar-refractivity contribution in [2.24, 2.45) is 0 Å². The Labute approximate surface area is 101 Å². The van der Waals surface area contributed by atoms with Crippen LogP contribution in [-0.2, 0) is 6.54 Å². The normalized spacial score (nSPS) is 10.6. The zero-order valence-corrected chi connectivity index (χ0v) is 10.4. The van der Waals surface area contributed by atoms with Crippen molar-refractivity contribution in [1.82, 2.24) is 20.4 Å². The summed E-state index contributed by atoms with van der Waals surface area (Å²) in [5.41, 5.74) is 0.703. The molecule has 0 saturated heterocycles. The number of rotatable bonds is 4. The minimum absolute atomic E-state index is 0.514. The summed E-state index contributed by atoms with van der Waals surface area (Å²) < 4.78 is 6.00. The molecule has 5 nitrogen and oxygen atoms in total. The molecule has 2 heterocycles. The van der Waals surface area contributed by atoms with E-state index in [-0.39, 0.29) is 0 Å². The Morgan fingerprint density at radius 3 is 3.00 bits per heavy atom. The fourth-order valence-corrected chi connectivity index (χ4v) is 1.41. The topological polar surface area (TPSA) is 63.8 Å². The molecule has 6 heteroatoms. The highest BCUT2D eigenvalue weighted by molar-refractivity contribution is 9.10. The molecule has 0 aliphatic carbocycles. The van der Waals surface area contributed by atoms with Crippen LogP contribution in [0, 0.1) is 0 Å². The van der Waals surface area contributed by atoms with Crippen LogP contribution in [0.2, 0.25) is 0 Å². The third kappa shape index (κ3) is 2.65. The van der Waals surface area contributed by atoms with Gasteiger partial charge in [-0.25, -0.2) is 0 Å². The van der Waals surface area contributed by atoms with E-state index in [1.165, 1.54) is 0 Å². The summed E-state index contributed by atoms with van der Waals surface area (Å²) in [6.45, 7) is 3.47. The van der Waals surface area contributed by atoms with E-state index in [2.05, 4.69) is 36.4 Å². The smallest absolute Gasteiger partial charge is 0.240 e. The number of pyridine rings is 1. The molecule has 0 atom stereocenters. The standard InChI is InChI=1S/C10H11BrN4O/c1-2-12-6-9-14-10(15-16-9)8-4-3-7(11)5-13-8/h3-5,12H,2,6H2,1H3. The molecule has 0 aromatic carbocycles. The van der Waals surface area contributed by atoms with Gasteiger partial charge in [-0.2, -0.15) is 4.98 Å². The molecule has 0 bridgehead atoms. The summed E-state index contributed by atoms with van der Waals surface area (Å²) >= 11 is 3.32. The quantitative estimate of drug-likeness (QED) is 0.929. The third-order valence-electron chi connectivity index (χ3n) is 1.95. The Morgan fingerprint density at radius 1 is 1.44 bits per heavy atom. The lowest BCUT2D eigenvalue weighted by Crippen LogP contribution is -2.11. The molecule has 0 fully saturated rings. The Hall–Kier alpha value is -1.27. The first-order chi connectivity index (χ1) is 7.79. The van der Waals surface area contributed by atoms with E-state index >= 15 is 0 Å². The van der Waals surface area contributed by atoms with Crippen molar-refractivity contribution in [2.45, 2.75) is 13.5 Å². The van der Waals surface area contributed by atoms with Crippen LogP contribution in [0.3, 0.4) is 0 Å². The van der Waals surface area contributed by atoms with Crippen molar-refractivity contribution in [1.29, 1.82) is 0 Å². The van der Waals surface area contributed by atoms with E-state index < -0.39 is 0 Å². The van der Waals surface area contributed by atoms with Crippen LogP contribution in [0.5, 0.6) is 0 Å². The number of aromatic nitrogens is 3. The molecule has 0 amide bonds. The molecular weight excluding hydrogens is 272 g/mol. The minimum Gasteiger partial charge on any atom is -0.337 e. The first-order valence-electron chi connectivity index (χ1n) is 4.95. The summed E-state index contributed by atoms with van der Waals surface area (Å²) in [4.78, 5) is 8.42. The zero-order chi connectivity index (χ0) is 11.4. The van der Waals surface area contributed by atoms with Crippen LogP contribution < -0.4 is 5.32 Å². The fraction of sp³-hybridized carbons (Fsp3) is 0.300. The van der Waals surface area contributed by atoms with Gasteiger partial charge in [0.25, 0.3) is 0 Å². The van der Waals surface area contributed by atoms with E-state index in [1.54, 1.807) is 6.20 Å². The van der Waals surface area contributed by atoms with Gasteiger partial charge in [-0.1, -0.05) is 12.1 Å². The second-order valence-electron chi connectivity index (χ2n) is 3.15. The van der Waals surface area contributed by atoms with Gasteiger partial charge in [0, 0.05) is 10.7 Å². The Kier molecular flexibility index (Phi) is 3.63. The summed E-state index contributed by atoms with van der Waals surface area (Å²) in [6.07, 6.45) is 1.70. The van der Waals surface area contributed by atoms with Crippen molar-refractivity contribution in [3.05, 3.63) is 28.7 Å².